The van der Waals surface area contributed by atoms with Gasteiger partial charge in [0.1, 0.15) is 0 Å². The second-order valence-corrected chi connectivity index (χ2v) is 7.16. The summed E-state index contributed by atoms with van der Waals surface area (Å²) in [5.41, 5.74) is 10.9. The summed E-state index contributed by atoms with van der Waals surface area (Å²) in [6, 6.07) is 9.47. The van der Waals surface area contributed by atoms with Gasteiger partial charge in [0.2, 0.25) is 0 Å². The van der Waals surface area contributed by atoms with Gasteiger partial charge >= 0.3 is 0 Å². The first-order valence-corrected chi connectivity index (χ1v) is 9.05. The minimum Gasteiger partial charge on any atom is -0.399 e. The quantitative estimate of drug-likeness (QED) is 0.765. The summed E-state index contributed by atoms with van der Waals surface area (Å²) in [5, 5.41) is 3.06. The van der Waals surface area contributed by atoms with Gasteiger partial charge in [0.05, 0.1) is 18.8 Å². The van der Waals surface area contributed by atoms with E-state index in [-0.39, 0.29) is 5.91 Å². The number of amides is 1. The van der Waals surface area contributed by atoms with Crippen LogP contribution in [0, 0.1) is 13.8 Å². The van der Waals surface area contributed by atoms with E-state index in [2.05, 4.69) is 26.1 Å². The van der Waals surface area contributed by atoms with Crippen molar-refractivity contribution in [1.82, 2.24) is 0 Å². The zero-order valence-electron chi connectivity index (χ0n) is 14.4. The number of hydrogen-bond acceptors (Lipinski definition) is 4. The van der Waals surface area contributed by atoms with E-state index in [1.165, 1.54) is 0 Å². The number of nitrogens with two attached hydrogens (primary N) is 1. The zero-order chi connectivity index (χ0) is 18.0. The van der Waals surface area contributed by atoms with E-state index in [0.29, 0.717) is 24.5 Å². The molecule has 6 heteroatoms. The topological polar surface area (TPSA) is 67.6 Å². The Kier molecular flexibility index (Phi) is 5.30. The highest BCUT2D eigenvalue weighted by Gasteiger charge is 2.20. The van der Waals surface area contributed by atoms with Crippen LogP contribution in [-0.4, -0.2) is 32.2 Å². The van der Waals surface area contributed by atoms with E-state index in [1.54, 1.807) is 6.07 Å². The molecule has 25 heavy (non-hydrogen) atoms. The molecule has 1 aliphatic heterocycles. The second kappa shape index (κ2) is 7.45. The molecule has 0 aromatic heterocycles. The van der Waals surface area contributed by atoms with Crippen LogP contribution in [0.3, 0.4) is 0 Å². The lowest BCUT2D eigenvalue weighted by atomic mass is 10.1. The summed E-state index contributed by atoms with van der Waals surface area (Å²) >= 11 is 3.48. The lowest BCUT2D eigenvalue weighted by molar-refractivity contribution is 0.102. The lowest BCUT2D eigenvalue weighted by Crippen LogP contribution is -2.37. The number of carbonyl (C=O) groups is 1. The van der Waals surface area contributed by atoms with E-state index < -0.39 is 0 Å². The lowest BCUT2D eigenvalue weighted by Gasteiger charge is -2.30. The number of nitrogens with zero attached hydrogens (tertiary/aromatic N) is 1. The molecule has 5 nitrogen and oxygen atoms in total. The Morgan fingerprint density at radius 3 is 2.44 bits per heavy atom. The third-order valence-corrected chi connectivity index (χ3v) is 4.81. The number of hydrogen-bond donors (Lipinski definition) is 2. The van der Waals surface area contributed by atoms with Crippen LogP contribution in [-0.2, 0) is 4.74 Å². The second-order valence-electron chi connectivity index (χ2n) is 6.24. The average molecular weight is 404 g/mol. The Morgan fingerprint density at radius 2 is 1.80 bits per heavy atom. The van der Waals surface area contributed by atoms with E-state index in [4.69, 9.17) is 10.5 Å². The number of nitrogens with one attached hydrogen (secondary N) is 1. The van der Waals surface area contributed by atoms with Crippen molar-refractivity contribution in [2.75, 3.05) is 42.3 Å². The van der Waals surface area contributed by atoms with Crippen LogP contribution >= 0.6 is 15.9 Å². The molecule has 0 spiro atoms. The Hall–Kier alpha value is -2.05. The van der Waals surface area contributed by atoms with Crippen LogP contribution in [0.4, 0.5) is 17.1 Å². The number of morpholine rings is 1. The zero-order valence-corrected chi connectivity index (χ0v) is 16.0. The molecule has 0 radical (unpaired) electrons. The molecule has 0 aliphatic carbocycles. The van der Waals surface area contributed by atoms with Gasteiger partial charge in [-0.25, -0.2) is 0 Å². The van der Waals surface area contributed by atoms with Crippen molar-refractivity contribution >= 4 is 38.9 Å². The fourth-order valence-electron chi connectivity index (χ4n) is 3.10. The Bertz CT molecular complexity index is 778. The van der Waals surface area contributed by atoms with Gasteiger partial charge < -0.3 is 20.7 Å². The van der Waals surface area contributed by atoms with Crippen LogP contribution in [0.15, 0.2) is 34.8 Å². The van der Waals surface area contributed by atoms with E-state index >= 15 is 0 Å². The standard InChI is InChI=1S/C19H22BrN3O2/c1-12-9-14(20)10-13(2)18(12)22-19(24)16-11-15(21)3-4-17(16)23-5-7-25-8-6-23/h3-4,9-11H,5-8,21H2,1-2H3,(H,22,24). The average Bonchev–Trinajstić information content (AvgIpc) is 2.58. The summed E-state index contributed by atoms with van der Waals surface area (Å²) in [6.07, 6.45) is 0. The molecule has 2 aromatic carbocycles. The number of anilines is 3. The van der Waals surface area contributed by atoms with Crippen molar-refractivity contribution in [1.29, 1.82) is 0 Å². The number of carbonyl (C=O) groups excluding carboxylic acids is 1. The van der Waals surface area contributed by atoms with Crippen LogP contribution < -0.4 is 16.0 Å². The Labute approximate surface area is 156 Å². The third-order valence-electron chi connectivity index (χ3n) is 4.35. The van der Waals surface area contributed by atoms with E-state index in [0.717, 1.165) is 40.1 Å². The van der Waals surface area contributed by atoms with Gasteiger partial charge in [0, 0.05) is 34.6 Å². The van der Waals surface area contributed by atoms with Crippen LogP contribution in [0.2, 0.25) is 0 Å². The highest BCUT2D eigenvalue weighted by atomic mass is 79.9. The maximum atomic E-state index is 13.0. The van der Waals surface area contributed by atoms with Gasteiger partial charge in [-0.3, -0.25) is 4.79 Å². The number of ether oxygens (including phenoxy) is 1. The highest BCUT2D eigenvalue weighted by molar-refractivity contribution is 9.10. The number of benzene rings is 2. The molecule has 1 aliphatic rings. The molecule has 1 amide bonds. The van der Waals surface area contributed by atoms with Crippen molar-refractivity contribution in [3.05, 3.63) is 51.5 Å². The monoisotopic (exact) mass is 403 g/mol. The number of aryl methyl sites for hydroxylation is 2. The molecule has 0 atom stereocenters. The summed E-state index contributed by atoms with van der Waals surface area (Å²) in [5.74, 6) is -0.151. The first kappa shape index (κ1) is 17.8. The van der Waals surface area contributed by atoms with Crippen molar-refractivity contribution in [2.45, 2.75) is 13.8 Å². The fourth-order valence-corrected chi connectivity index (χ4v) is 3.79. The van der Waals surface area contributed by atoms with Gasteiger partial charge in [-0.15, -0.1) is 0 Å². The Balaban J connectivity index is 1.93. The predicted molar refractivity (Wildman–Crippen MR) is 105 cm³/mol. The molecule has 0 bridgehead atoms. The summed E-state index contributed by atoms with van der Waals surface area (Å²) in [7, 11) is 0. The molecule has 3 N–H and O–H groups in total. The molecule has 2 aromatic rings. The molecular weight excluding hydrogens is 382 g/mol. The maximum Gasteiger partial charge on any atom is 0.257 e. The van der Waals surface area contributed by atoms with Crippen LogP contribution in [0.5, 0.6) is 0 Å². The largest absolute Gasteiger partial charge is 0.399 e. The van der Waals surface area contributed by atoms with Crippen molar-refractivity contribution in [3.8, 4) is 0 Å². The summed E-state index contributed by atoms with van der Waals surface area (Å²) in [6.45, 7) is 6.82. The molecule has 3 rings (SSSR count). The molecule has 0 unspecified atom stereocenters. The number of halogens is 1. The van der Waals surface area contributed by atoms with Crippen LogP contribution in [0.25, 0.3) is 0 Å². The normalized spacial score (nSPS) is 14.4. The number of nitrogen functional groups attached to an aromatic ring is 1. The van der Waals surface area contributed by atoms with Crippen LogP contribution in [0.1, 0.15) is 21.5 Å². The smallest absolute Gasteiger partial charge is 0.257 e. The minimum atomic E-state index is -0.151. The third kappa shape index (κ3) is 3.96. The highest BCUT2D eigenvalue weighted by Crippen LogP contribution is 2.28. The van der Waals surface area contributed by atoms with Gasteiger partial charge in [-0.2, -0.15) is 0 Å². The molecule has 1 heterocycles. The summed E-state index contributed by atoms with van der Waals surface area (Å²) < 4.78 is 6.41. The minimum absolute atomic E-state index is 0.151. The van der Waals surface area contributed by atoms with Crippen molar-refractivity contribution in [2.24, 2.45) is 0 Å². The van der Waals surface area contributed by atoms with Crippen molar-refractivity contribution < 1.29 is 9.53 Å². The SMILES string of the molecule is Cc1cc(Br)cc(C)c1NC(=O)c1cc(N)ccc1N1CCOCC1. The predicted octanol–water partition coefficient (Wildman–Crippen LogP) is 3.74. The van der Waals surface area contributed by atoms with Gasteiger partial charge in [0.25, 0.3) is 5.91 Å². The molecule has 132 valence electrons. The first-order chi connectivity index (χ1) is 12.0. The van der Waals surface area contributed by atoms with Gasteiger partial charge in [-0.05, 0) is 55.3 Å². The fraction of sp³-hybridized carbons (Fsp3) is 0.316. The Morgan fingerprint density at radius 1 is 1.16 bits per heavy atom. The van der Waals surface area contributed by atoms with E-state index in [9.17, 15) is 4.79 Å². The molecule has 0 saturated carbocycles. The van der Waals surface area contributed by atoms with Gasteiger partial charge in [-0.1, -0.05) is 15.9 Å². The summed E-state index contributed by atoms with van der Waals surface area (Å²) in [4.78, 5) is 15.1. The molecule has 1 fully saturated rings. The first-order valence-electron chi connectivity index (χ1n) is 8.26. The molecular formula is C19H22BrN3O2. The van der Waals surface area contributed by atoms with E-state index in [1.807, 2.05) is 38.1 Å². The van der Waals surface area contributed by atoms with Gasteiger partial charge in [0.15, 0.2) is 0 Å². The number of rotatable bonds is 3. The molecule has 1 saturated heterocycles. The maximum absolute atomic E-state index is 13.0. The van der Waals surface area contributed by atoms with Crippen molar-refractivity contribution in [3.63, 3.8) is 0 Å².